The first-order valence-electron chi connectivity index (χ1n) is 4.90. The lowest BCUT2D eigenvalue weighted by Crippen LogP contribution is -1.87. The number of rotatable bonds is 1. The normalized spacial score (nSPS) is 10.6. The van der Waals surface area contributed by atoms with Gasteiger partial charge in [0.1, 0.15) is 5.82 Å². The fourth-order valence-electron chi connectivity index (χ4n) is 1.62. The molecule has 0 N–H and O–H groups in total. The Morgan fingerprint density at radius 1 is 0.882 bits per heavy atom. The number of aryl methyl sites for hydroxylation is 1. The minimum Gasteiger partial charge on any atom is -0.207 e. The van der Waals surface area contributed by atoms with E-state index >= 15 is 0 Å². The molecular formula is C13H8Cl3F. The van der Waals surface area contributed by atoms with Gasteiger partial charge in [-0.2, -0.15) is 0 Å². The summed E-state index contributed by atoms with van der Waals surface area (Å²) in [7, 11) is 0. The zero-order chi connectivity index (χ0) is 12.6. The van der Waals surface area contributed by atoms with Gasteiger partial charge in [0, 0.05) is 5.56 Å². The van der Waals surface area contributed by atoms with Gasteiger partial charge >= 0.3 is 0 Å². The van der Waals surface area contributed by atoms with Crippen molar-refractivity contribution in [3.63, 3.8) is 0 Å². The highest BCUT2D eigenvalue weighted by atomic mass is 35.5. The molecule has 0 spiro atoms. The minimum absolute atomic E-state index is 0.287. The average Bonchev–Trinajstić information content (AvgIpc) is 2.30. The second-order valence-corrected chi connectivity index (χ2v) is 4.85. The molecule has 0 aliphatic heterocycles. The van der Waals surface area contributed by atoms with Crippen molar-refractivity contribution in [1.82, 2.24) is 0 Å². The summed E-state index contributed by atoms with van der Waals surface area (Å²) in [6.45, 7) is 1.88. The summed E-state index contributed by atoms with van der Waals surface area (Å²) in [5.74, 6) is -0.312. The van der Waals surface area contributed by atoms with E-state index in [4.69, 9.17) is 34.8 Å². The van der Waals surface area contributed by atoms with Gasteiger partial charge in [-0.3, -0.25) is 0 Å². The number of halogens is 4. The molecule has 17 heavy (non-hydrogen) atoms. The van der Waals surface area contributed by atoms with Gasteiger partial charge in [-0.15, -0.1) is 0 Å². The van der Waals surface area contributed by atoms with Crippen LogP contribution in [-0.4, -0.2) is 0 Å². The summed E-state index contributed by atoms with van der Waals surface area (Å²) < 4.78 is 13.2. The average molecular weight is 290 g/mol. The first kappa shape index (κ1) is 12.7. The number of benzene rings is 2. The maximum absolute atomic E-state index is 13.2. The zero-order valence-corrected chi connectivity index (χ0v) is 11.2. The van der Waals surface area contributed by atoms with Gasteiger partial charge in [0.05, 0.1) is 15.1 Å². The third kappa shape index (κ3) is 2.42. The predicted molar refractivity (Wildman–Crippen MR) is 71.6 cm³/mol. The summed E-state index contributed by atoms with van der Waals surface area (Å²) in [6, 6.07) is 7.92. The molecule has 0 aliphatic carbocycles. The second kappa shape index (κ2) is 4.85. The molecule has 0 unspecified atom stereocenters. The second-order valence-electron chi connectivity index (χ2n) is 3.68. The van der Waals surface area contributed by atoms with E-state index in [-0.39, 0.29) is 10.8 Å². The van der Waals surface area contributed by atoms with Crippen molar-refractivity contribution in [2.24, 2.45) is 0 Å². The first-order chi connectivity index (χ1) is 8.00. The molecule has 2 aromatic carbocycles. The van der Waals surface area contributed by atoms with Gasteiger partial charge in [-0.05, 0) is 36.2 Å². The van der Waals surface area contributed by atoms with Gasteiger partial charge < -0.3 is 0 Å². The van der Waals surface area contributed by atoms with Crippen molar-refractivity contribution >= 4 is 34.8 Å². The molecule has 0 bridgehead atoms. The Kier molecular flexibility index (Phi) is 3.62. The third-order valence-corrected chi connectivity index (χ3v) is 3.82. The molecule has 0 aromatic heterocycles. The summed E-state index contributed by atoms with van der Waals surface area (Å²) in [5, 5.41) is 1.01. The van der Waals surface area contributed by atoms with Gasteiger partial charge in [-0.1, -0.05) is 46.9 Å². The van der Waals surface area contributed by atoms with Crippen LogP contribution in [0.25, 0.3) is 11.1 Å². The largest absolute Gasteiger partial charge is 0.207 e. The highest BCUT2D eigenvalue weighted by Crippen LogP contribution is 2.39. The lowest BCUT2D eigenvalue weighted by atomic mass is 10.0. The van der Waals surface area contributed by atoms with Crippen LogP contribution in [0.4, 0.5) is 4.39 Å². The molecule has 0 fully saturated rings. The van der Waals surface area contributed by atoms with Crippen LogP contribution in [0, 0.1) is 12.7 Å². The van der Waals surface area contributed by atoms with Gasteiger partial charge in [0.25, 0.3) is 0 Å². The van der Waals surface area contributed by atoms with Crippen molar-refractivity contribution in [3.05, 3.63) is 56.8 Å². The first-order valence-corrected chi connectivity index (χ1v) is 6.04. The molecule has 0 saturated heterocycles. The summed E-state index contributed by atoms with van der Waals surface area (Å²) in [5.41, 5.74) is 2.32. The Balaban J connectivity index is 2.69. The Morgan fingerprint density at radius 3 is 2.29 bits per heavy atom. The molecule has 2 aromatic rings. The van der Waals surface area contributed by atoms with Crippen molar-refractivity contribution < 1.29 is 4.39 Å². The molecule has 4 heteroatoms. The van der Waals surface area contributed by atoms with Crippen LogP contribution in [0.1, 0.15) is 5.56 Å². The summed E-state index contributed by atoms with van der Waals surface area (Å²) in [6.07, 6.45) is 0. The predicted octanol–water partition coefficient (Wildman–Crippen LogP) is 5.76. The maximum Gasteiger partial charge on any atom is 0.123 e. The molecule has 0 aliphatic rings. The van der Waals surface area contributed by atoms with E-state index in [0.717, 1.165) is 5.56 Å². The Labute approximate surface area is 114 Å². The highest BCUT2D eigenvalue weighted by Gasteiger charge is 2.12. The van der Waals surface area contributed by atoms with Crippen LogP contribution in [0.2, 0.25) is 15.1 Å². The Hall–Kier alpha value is -0.760. The van der Waals surface area contributed by atoms with Crippen LogP contribution in [0.5, 0.6) is 0 Å². The SMILES string of the molecule is Cc1ccc(F)cc1-c1ccc(Cl)c(Cl)c1Cl. The van der Waals surface area contributed by atoms with E-state index in [1.54, 1.807) is 18.2 Å². The fraction of sp³-hybridized carbons (Fsp3) is 0.0769. The van der Waals surface area contributed by atoms with Crippen molar-refractivity contribution in [1.29, 1.82) is 0 Å². The van der Waals surface area contributed by atoms with Crippen molar-refractivity contribution in [2.45, 2.75) is 6.92 Å². The molecule has 0 saturated carbocycles. The van der Waals surface area contributed by atoms with Gasteiger partial charge in [0.15, 0.2) is 0 Å². The van der Waals surface area contributed by atoms with E-state index in [9.17, 15) is 4.39 Å². The van der Waals surface area contributed by atoms with E-state index < -0.39 is 0 Å². The quantitative estimate of drug-likeness (QED) is 0.585. The monoisotopic (exact) mass is 288 g/mol. The van der Waals surface area contributed by atoms with Crippen LogP contribution < -0.4 is 0 Å². The highest BCUT2D eigenvalue weighted by molar-refractivity contribution is 6.49. The number of hydrogen-bond acceptors (Lipinski definition) is 0. The maximum atomic E-state index is 13.2. The van der Waals surface area contributed by atoms with E-state index in [2.05, 4.69) is 0 Å². The molecule has 0 nitrogen and oxygen atoms in total. The number of hydrogen-bond donors (Lipinski definition) is 0. The minimum atomic E-state index is -0.312. The lowest BCUT2D eigenvalue weighted by molar-refractivity contribution is 0.628. The molecule has 2 rings (SSSR count). The summed E-state index contributed by atoms with van der Waals surface area (Å²) in [4.78, 5) is 0. The molecule has 88 valence electrons. The van der Waals surface area contributed by atoms with E-state index in [1.165, 1.54) is 12.1 Å². The molecule has 0 heterocycles. The van der Waals surface area contributed by atoms with Crippen LogP contribution in [-0.2, 0) is 0 Å². The lowest BCUT2D eigenvalue weighted by Gasteiger charge is -2.10. The Bertz CT molecular complexity index is 579. The fourth-order valence-corrected chi connectivity index (χ4v) is 2.26. The van der Waals surface area contributed by atoms with Crippen molar-refractivity contribution in [3.8, 4) is 11.1 Å². The van der Waals surface area contributed by atoms with E-state index in [0.29, 0.717) is 21.2 Å². The zero-order valence-electron chi connectivity index (χ0n) is 8.90. The van der Waals surface area contributed by atoms with Crippen LogP contribution in [0.3, 0.4) is 0 Å². The van der Waals surface area contributed by atoms with E-state index in [1.807, 2.05) is 6.92 Å². The smallest absolute Gasteiger partial charge is 0.123 e. The van der Waals surface area contributed by atoms with Crippen LogP contribution >= 0.6 is 34.8 Å². The molecular weight excluding hydrogens is 282 g/mol. The van der Waals surface area contributed by atoms with Gasteiger partial charge in [0.2, 0.25) is 0 Å². The summed E-state index contributed by atoms with van der Waals surface area (Å²) >= 11 is 17.9. The van der Waals surface area contributed by atoms with Gasteiger partial charge in [-0.25, -0.2) is 4.39 Å². The topological polar surface area (TPSA) is 0 Å². The standard InChI is InChI=1S/C13H8Cl3F/c1-7-2-3-8(17)6-10(7)9-4-5-11(14)13(16)12(9)15/h2-6H,1H3. The third-order valence-electron chi connectivity index (χ3n) is 2.52. The molecule has 0 amide bonds. The Morgan fingerprint density at radius 2 is 1.59 bits per heavy atom. The van der Waals surface area contributed by atoms with Crippen molar-refractivity contribution in [2.75, 3.05) is 0 Å². The molecule has 0 atom stereocenters. The van der Waals surface area contributed by atoms with Crippen LogP contribution in [0.15, 0.2) is 30.3 Å². The molecule has 0 radical (unpaired) electrons.